The van der Waals surface area contributed by atoms with Gasteiger partial charge in [0.15, 0.2) is 6.17 Å². The molecule has 4 fully saturated rings. The molecule has 166 valence electrons. The van der Waals surface area contributed by atoms with Gasteiger partial charge < -0.3 is 10.6 Å². The number of nitrogens with zero attached hydrogens (tertiary/aromatic N) is 3. The normalized spacial score (nSPS) is 29.3. The maximum absolute atomic E-state index is 13.3. The predicted octanol–water partition coefficient (Wildman–Crippen LogP) is 3.34. The maximum Gasteiger partial charge on any atom is 0.266 e. The Hall–Kier alpha value is -2.21. The third-order valence-corrected chi connectivity index (χ3v) is 7.83. The van der Waals surface area contributed by atoms with Gasteiger partial charge in [-0.1, -0.05) is 37.5 Å². The van der Waals surface area contributed by atoms with Crippen LogP contribution in [0.2, 0.25) is 0 Å². The lowest BCUT2D eigenvalue weighted by molar-refractivity contribution is -0.132. The molecule has 6 heteroatoms. The molecule has 0 aromatic heterocycles. The smallest absolute Gasteiger partial charge is 0.266 e. The van der Waals surface area contributed by atoms with E-state index in [4.69, 9.17) is 10.7 Å². The van der Waals surface area contributed by atoms with E-state index in [1.54, 1.807) is 4.90 Å². The fourth-order valence-corrected chi connectivity index (χ4v) is 6.08. The average molecular weight is 423 g/mol. The number of amides is 2. The molecule has 6 rings (SSSR count). The second kappa shape index (κ2) is 8.73. The number of hydrogen-bond acceptors (Lipinski definition) is 4. The lowest BCUT2D eigenvalue weighted by Crippen LogP contribution is -2.48. The van der Waals surface area contributed by atoms with Gasteiger partial charge in [-0.25, -0.2) is 0 Å². The molecule has 3 heterocycles. The zero-order chi connectivity index (χ0) is 21.4. The molecule has 2 N–H and O–H groups in total. The molecule has 31 heavy (non-hydrogen) atoms. The molecular formula is C25H34N4O2. The molecule has 0 spiro atoms. The van der Waals surface area contributed by atoms with Crippen LogP contribution in [-0.4, -0.2) is 48.2 Å². The lowest BCUT2D eigenvalue weighted by Gasteiger charge is -2.29. The SMILES string of the molecule is N[C@H]1N=C(C2CCCCC2)c2ccccc2N(CC(=O)N2CC3CCC(CC3)C2)C1=O. The fourth-order valence-electron chi connectivity index (χ4n) is 6.08. The van der Waals surface area contributed by atoms with Gasteiger partial charge in [0.1, 0.15) is 6.54 Å². The lowest BCUT2D eigenvalue weighted by atomic mass is 9.83. The first kappa shape index (κ1) is 20.7. The summed E-state index contributed by atoms with van der Waals surface area (Å²) in [6.07, 6.45) is 9.77. The van der Waals surface area contributed by atoms with Crippen LogP contribution in [0.3, 0.4) is 0 Å². The molecule has 2 saturated carbocycles. The van der Waals surface area contributed by atoms with Gasteiger partial charge in [-0.15, -0.1) is 0 Å². The van der Waals surface area contributed by atoms with Gasteiger partial charge in [-0.05, 0) is 56.4 Å². The summed E-state index contributed by atoms with van der Waals surface area (Å²) < 4.78 is 0. The van der Waals surface area contributed by atoms with E-state index in [-0.39, 0.29) is 18.4 Å². The Morgan fingerprint density at radius 3 is 2.29 bits per heavy atom. The molecule has 2 bridgehead atoms. The molecule has 1 atom stereocenters. The summed E-state index contributed by atoms with van der Waals surface area (Å²) >= 11 is 0. The van der Waals surface area contributed by atoms with E-state index in [1.165, 1.54) is 44.9 Å². The molecule has 1 aromatic carbocycles. The number of rotatable bonds is 3. The van der Waals surface area contributed by atoms with Crippen molar-refractivity contribution < 1.29 is 9.59 Å². The quantitative estimate of drug-likeness (QED) is 0.811. The van der Waals surface area contributed by atoms with E-state index < -0.39 is 6.17 Å². The highest BCUT2D eigenvalue weighted by molar-refractivity contribution is 6.14. The summed E-state index contributed by atoms with van der Waals surface area (Å²) in [5.41, 5.74) is 8.99. The van der Waals surface area contributed by atoms with Gasteiger partial charge in [0.25, 0.3) is 5.91 Å². The van der Waals surface area contributed by atoms with Gasteiger partial charge in [0.2, 0.25) is 5.91 Å². The van der Waals surface area contributed by atoms with E-state index in [0.717, 1.165) is 42.9 Å². The van der Waals surface area contributed by atoms with Crippen LogP contribution in [-0.2, 0) is 9.59 Å². The number of carbonyl (C=O) groups is 2. The molecular weight excluding hydrogens is 388 g/mol. The largest absolute Gasteiger partial charge is 0.341 e. The zero-order valence-corrected chi connectivity index (χ0v) is 18.3. The first-order chi connectivity index (χ1) is 15.1. The number of nitrogens with two attached hydrogens (primary N) is 1. The number of anilines is 1. The van der Waals surface area contributed by atoms with Crippen molar-refractivity contribution in [3.05, 3.63) is 29.8 Å². The minimum atomic E-state index is -0.947. The second-order valence-electron chi connectivity index (χ2n) is 9.92. The first-order valence-electron chi connectivity index (χ1n) is 12.1. The van der Waals surface area contributed by atoms with E-state index >= 15 is 0 Å². The Kier molecular flexibility index (Phi) is 5.83. The Bertz CT molecular complexity index is 854. The maximum atomic E-state index is 13.3. The minimum Gasteiger partial charge on any atom is -0.341 e. The number of hydrogen-bond donors (Lipinski definition) is 1. The number of aliphatic imine (C=N–C) groups is 1. The first-order valence-corrected chi connectivity index (χ1v) is 12.1. The van der Waals surface area contributed by atoms with Crippen LogP contribution in [0.15, 0.2) is 29.3 Å². The van der Waals surface area contributed by atoms with Crippen LogP contribution in [0.4, 0.5) is 5.69 Å². The van der Waals surface area contributed by atoms with E-state index in [1.807, 2.05) is 29.2 Å². The summed E-state index contributed by atoms with van der Waals surface area (Å²) in [7, 11) is 0. The molecule has 6 nitrogen and oxygen atoms in total. The Morgan fingerprint density at radius 1 is 0.968 bits per heavy atom. The van der Waals surface area contributed by atoms with Crippen molar-refractivity contribution in [2.75, 3.05) is 24.5 Å². The molecule has 2 saturated heterocycles. The van der Waals surface area contributed by atoms with Crippen LogP contribution in [0, 0.1) is 17.8 Å². The highest BCUT2D eigenvalue weighted by Crippen LogP contribution is 2.35. The van der Waals surface area contributed by atoms with Crippen LogP contribution in [0.1, 0.15) is 63.4 Å². The topological polar surface area (TPSA) is 79.0 Å². The number of benzene rings is 1. The summed E-state index contributed by atoms with van der Waals surface area (Å²) in [4.78, 5) is 35.0. The standard InChI is InChI=1S/C25H34N4O2/c26-24-25(31)29(16-22(30)28-14-17-10-11-18(15-28)13-12-17)21-9-5-4-8-20(21)23(27-24)19-6-2-1-3-7-19/h4-5,8-9,17-19,24H,1-3,6-7,10-16,26H2/t17?,18?,24-/m0/s1. The molecule has 2 amide bonds. The molecule has 0 unspecified atom stereocenters. The zero-order valence-electron chi connectivity index (χ0n) is 18.3. The second-order valence-corrected chi connectivity index (χ2v) is 9.92. The van der Waals surface area contributed by atoms with Crippen LogP contribution in [0.25, 0.3) is 0 Å². The third kappa shape index (κ3) is 4.14. The highest BCUT2D eigenvalue weighted by Gasteiger charge is 2.36. The Morgan fingerprint density at radius 2 is 1.61 bits per heavy atom. The van der Waals surface area contributed by atoms with E-state index in [2.05, 4.69) is 0 Å². The minimum absolute atomic E-state index is 0.0373. The molecule has 5 aliphatic rings. The fraction of sp³-hybridized carbons (Fsp3) is 0.640. The van der Waals surface area contributed by atoms with Crippen LogP contribution >= 0.6 is 0 Å². The van der Waals surface area contributed by atoms with Crippen molar-refractivity contribution in [1.82, 2.24) is 4.90 Å². The molecule has 2 aliphatic carbocycles. The molecule has 0 radical (unpaired) electrons. The van der Waals surface area contributed by atoms with Gasteiger partial charge in [0, 0.05) is 30.3 Å². The van der Waals surface area contributed by atoms with Crippen molar-refractivity contribution >= 4 is 23.2 Å². The predicted molar refractivity (Wildman–Crippen MR) is 122 cm³/mol. The molecule has 1 aromatic rings. The monoisotopic (exact) mass is 422 g/mol. The Labute approximate surface area is 184 Å². The van der Waals surface area contributed by atoms with E-state index in [9.17, 15) is 9.59 Å². The number of benzodiazepines with no additional fused rings is 1. The number of fused-ring (bicyclic) bond motifs is 5. The number of para-hydroxylation sites is 1. The van der Waals surface area contributed by atoms with Crippen molar-refractivity contribution in [2.45, 2.75) is 64.0 Å². The van der Waals surface area contributed by atoms with Gasteiger partial charge in [-0.3, -0.25) is 19.5 Å². The number of carbonyl (C=O) groups excluding carboxylic acids is 2. The summed E-state index contributed by atoms with van der Waals surface area (Å²) in [6, 6.07) is 7.91. The van der Waals surface area contributed by atoms with Gasteiger partial charge in [0.05, 0.1) is 5.69 Å². The van der Waals surface area contributed by atoms with Crippen LogP contribution < -0.4 is 10.6 Å². The average Bonchev–Trinajstić information content (AvgIpc) is 3.19. The highest BCUT2D eigenvalue weighted by atomic mass is 16.2. The van der Waals surface area contributed by atoms with Crippen molar-refractivity contribution in [3.8, 4) is 0 Å². The van der Waals surface area contributed by atoms with Crippen molar-refractivity contribution in [1.29, 1.82) is 0 Å². The van der Waals surface area contributed by atoms with Crippen LogP contribution in [0.5, 0.6) is 0 Å². The van der Waals surface area contributed by atoms with E-state index in [0.29, 0.717) is 17.8 Å². The molecule has 3 aliphatic heterocycles. The Balaban J connectivity index is 1.43. The van der Waals surface area contributed by atoms with Crippen molar-refractivity contribution in [2.24, 2.45) is 28.5 Å². The third-order valence-electron chi connectivity index (χ3n) is 7.83. The van der Waals surface area contributed by atoms with Gasteiger partial charge >= 0.3 is 0 Å². The van der Waals surface area contributed by atoms with Crippen molar-refractivity contribution in [3.63, 3.8) is 0 Å². The summed E-state index contributed by atoms with van der Waals surface area (Å²) in [6.45, 7) is 1.71. The summed E-state index contributed by atoms with van der Waals surface area (Å²) in [5, 5.41) is 0. The van der Waals surface area contributed by atoms with Gasteiger partial charge in [-0.2, -0.15) is 0 Å². The summed E-state index contributed by atoms with van der Waals surface area (Å²) in [5.74, 6) is 1.32.